The fourth-order valence-corrected chi connectivity index (χ4v) is 3.42. The molecule has 0 saturated heterocycles. The average molecular weight is 350 g/mol. The number of benzene rings is 1. The van der Waals surface area contributed by atoms with Crippen molar-refractivity contribution in [3.63, 3.8) is 0 Å². The molecular weight excluding hydrogens is 331 g/mol. The summed E-state index contributed by atoms with van der Waals surface area (Å²) in [5, 5.41) is 3.31. The average Bonchev–Trinajstić information content (AvgIpc) is 2.85. The highest BCUT2D eigenvalue weighted by atomic mass is 79.9. The molecule has 1 aliphatic rings. The zero-order valence-corrected chi connectivity index (χ0v) is 13.1. The second kappa shape index (κ2) is 5.96. The molecule has 1 aliphatic carbocycles. The second-order valence-corrected chi connectivity index (χ2v) is 6.46. The van der Waals surface area contributed by atoms with Gasteiger partial charge >= 0.3 is 6.18 Å². The molecule has 0 atom stereocenters. The maximum absolute atomic E-state index is 12.6. The number of nitrogens with one attached hydrogen (secondary N) is 1. The lowest BCUT2D eigenvalue weighted by Gasteiger charge is -2.28. The van der Waals surface area contributed by atoms with E-state index in [0.29, 0.717) is 9.89 Å². The Bertz CT molecular complexity index is 465. The van der Waals surface area contributed by atoms with Gasteiger partial charge in [-0.15, -0.1) is 0 Å². The first-order chi connectivity index (χ1) is 9.36. The minimum atomic E-state index is -4.29. The van der Waals surface area contributed by atoms with Crippen LogP contribution in [0.5, 0.6) is 0 Å². The van der Waals surface area contributed by atoms with Crippen LogP contribution in [0, 0.1) is 5.41 Å². The summed E-state index contributed by atoms with van der Waals surface area (Å²) < 4.78 is 38.3. The molecule has 1 aromatic rings. The van der Waals surface area contributed by atoms with E-state index in [-0.39, 0.29) is 0 Å². The van der Waals surface area contributed by atoms with Gasteiger partial charge in [-0.3, -0.25) is 0 Å². The first kappa shape index (κ1) is 15.7. The molecule has 1 aromatic carbocycles. The molecule has 0 heterocycles. The van der Waals surface area contributed by atoms with Crippen molar-refractivity contribution in [2.75, 3.05) is 11.9 Å². The Kier molecular flexibility index (Phi) is 4.67. The maximum Gasteiger partial charge on any atom is 0.416 e. The normalized spacial score (nSPS) is 18.2. The minimum absolute atomic E-state index is 0.308. The molecule has 1 saturated carbocycles. The van der Waals surface area contributed by atoms with E-state index in [4.69, 9.17) is 0 Å². The predicted molar refractivity (Wildman–Crippen MR) is 78.8 cm³/mol. The summed E-state index contributed by atoms with van der Waals surface area (Å²) in [5.74, 6) is 0. The molecule has 20 heavy (non-hydrogen) atoms. The third-order valence-electron chi connectivity index (χ3n) is 4.36. The number of rotatable bonds is 4. The molecular formula is C15H19BrF3N. The SMILES string of the molecule is CCC1(CNc2ccc(C(F)(F)F)cc2Br)CCCC1. The molecule has 0 unspecified atom stereocenters. The number of anilines is 1. The quantitative estimate of drug-likeness (QED) is 0.718. The van der Waals surface area contributed by atoms with Crippen molar-refractivity contribution < 1.29 is 13.2 Å². The fraction of sp³-hybridized carbons (Fsp3) is 0.600. The van der Waals surface area contributed by atoms with Crippen LogP contribution in [-0.4, -0.2) is 6.54 Å². The molecule has 0 radical (unpaired) electrons. The lowest BCUT2D eigenvalue weighted by Crippen LogP contribution is -2.26. The molecule has 1 N–H and O–H groups in total. The highest BCUT2D eigenvalue weighted by Crippen LogP contribution is 2.41. The van der Waals surface area contributed by atoms with Crippen molar-refractivity contribution >= 4 is 21.6 Å². The van der Waals surface area contributed by atoms with Crippen LogP contribution in [-0.2, 0) is 6.18 Å². The van der Waals surface area contributed by atoms with Crippen molar-refractivity contribution in [1.29, 1.82) is 0 Å². The Hall–Kier alpha value is -0.710. The molecule has 5 heteroatoms. The van der Waals surface area contributed by atoms with Crippen molar-refractivity contribution in [2.24, 2.45) is 5.41 Å². The van der Waals surface area contributed by atoms with Gasteiger partial charge < -0.3 is 5.32 Å². The number of halogens is 4. The summed E-state index contributed by atoms with van der Waals surface area (Å²) in [7, 11) is 0. The summed E-state index contributed by atoms with van der Waals surface area (Å²) in [6.45, 7) is 3.02. The molecule has 0 aromatic heterocycles. The Morgan fingerprint density at radius 2 is 1.90 bits per heavy atom. The lowest BCUT2D eigenvalue weighted by molar-refractivity contribution is -0.137. The maximum atomic E-state index is 12.6. The zero-order valence-electron chi connectivity index (χ0n) is 11.5. The molecule has 0 spiro atoms. The van der Waals surface area contributed by atoms with E-state index in [1.807, 2.05) is 0 Å². The Labute approximate surface area is 126 Å². The summed E-state index contributed by atoms with van der Waals surface area (Å²) in [5.41, 5.74) is 0.418. The van der Waals surface area contributed by atoms with Crippen LogP contribution in [0.3, 0.4) is 0 Å². The summed E-state index contributed by atoms with van der Waals surface area (Å²) in [6.07, 6.45) is 1.73. The van der Waals surface area contributed by atoms with E-state index in [0.717, 1.165) is 30.8 Å². The van der Waals surface area contributed by atoms with E-state index >= 15 is 0 Å². The number of hydrogen-bond acceptors (Lipinski definition) is 1. The summed E-state index contributed by atoms with van der Waals surface area (Å²) in [6, 6.07) is 3.77. The summed E-state index contributed by atoms with van der Waals surface area (Å²) >= 11 is 3.23. The van der Waals surface area contributed by atoms with E-state index in [1.54, 1.807) is 0 Å². The van der Waals surface area contributed by atoms with Gasteiger partial charge in [0.15, 0.2) is 0 Å². The van der Waals surface area contributed by atoms with Gasteiger partial charge in [-0.1, -0.05) is 19.8 Å². The molecule has 112 valence electrons. The van der Waals surface area contributed by atoms with E-state index in [2.05, 4.69) is 28.2 Å². The van der Waals surface area contributed by atoms with Crippen LogP contribution in [0.15, 0.2) is 22.7 Å². The van der Waals surface area contributed by atoms with Crippen molar-refractivity contribution in [1.82, 2.24) is 0 Å². The first-order valence-electron chi connectivity index (χ1n) is 6.97. The molecule has 0 bridgehead atoms. The topological polar surface area (TPSA) is 12.0 Å². The van der Waals surface area contributed by atoms with Crippen molar-refractivity contribution in [3.8, 4) is 0 Å². The van der Waals surface area contributed by atoms with Crippen LogP contribution in [0.4, 0.5) is 18.9 Å². The van der Waals surface area contributed by atoms with Gasteiger partial charge in [0, 0.05) is 16.7 Å². The number of alkyl halides is 3. The lowest BCUT2D eigenvalue weighted by atomic mass is 9.83. The molecule has 1 nitrogen and oxygen atoms in total. The van der Waals surface area contributed by atoms with Crippen LogP contribution < -0.4 is 5.32 Å². The van der Waals surface area contributed by atoms with E-state index in [9.17, 15) is 13.2 Å². The van der Waals surface area contributed by atoms with Gasteiger partial charge in [0.2, 0.25) is 0 Å². The van der Waals surface area contributed by atoms with Gasteiger partial charge in [-0.05, 0) is 58.8 Å². The summed E-state index contributed by atoms with van der Waals surface area (Å²) in [4.78, 5) is 0. The Morgan fingerprint density at radius 3 is 2.40 bits per heavy atom. The van der Waals surface area contributed by atoms with Gasteiger partial charge in [0.1, 0.15) is 0 Å². The highest BCUT2D eigenvalue weighted by Gasteiger charge is 2.33. The molecule has 2 rings (SSSR count). The van der Waals surface area contributed by atoms with Gasteiger partial charge in [-0.2, -0.15) is 13.2 Å². The first-order valence-corrected chi connectivity index (χ1v) is 7.76. The minimum Gasteiger partial charge on any atom is -0.384 e. The number of hydrogen-bond donors (Lipinski definition) is 1. The largest absolute Gasteiger partial charge is 0.416 e. The van der Waals surface area contributed by atoms with Gasteiger partial charge in [0.25, 0.3) is 0 Å². The van der Waals surface area contributed by atoms with Gasteiger partial charge in [0.05, 0.1) is 5.56 Å². The monoisotopic (exact) mass is 349 g/mol. The van der Waals surface area contributed by atoms with E-state index < -0.39 is 11.7 Å². The van der Waals surface area contributed by atoms with E-state index in [1.165, 1.54) is 31.7 Å². The molecule has 0 aliphatic heterocycles. The fourth-order valence-electron chi connectivity index (χ4n) is 2.90. The van der Waals surface area contributed by atoms with Crippen LogP contribution in [0.25, 0.3) is 0 Å². The molecule has 1 fully saturated rings. The molecule has 0 amide bonds. The van der Waals surface area contributed by atoms with Crippen molar-refractivity contribution in [2.45, 2.75) is 45.2 Å². The zero-order chi connectivity index (χ0) is 14.8. The van der Waals surface area contributed by atoms with Crippen LogP contribution in [0.1, 0.15) is 44.6 Å². The third-order valence-corrected chi connectivity index (χ3v) is 5.02. The predicted octanol–water partition coefficient (Wildman–Crippen LogP) is 5.85. The van der Waals surface area contributed by atoms with Crippen molar-refractivity contribution in [3.05, 3.63) is 28.2 Å². The van der Waals surface area contributed by atoms with Crippen LogP contribution >= 0.6 is 15.9 Å². The second-order valence-electron chi connectivity index (χ2n) is 5.61. The van der Waals surface area contributed by atoms with Gasteiger partial charge in [-0.25, -0.2) is 0 Å². The highest BCUT2D eigenvalue weighted by molar-refractivity contribution is 9.10. The van der Waals surface area contributed by atoms with Crippen LogP contribution in [0.2, 0.25) is 0 Å². The Balaban J connectivity index is 2.07. The standard InChI is InChI=1S/C15H19BrF3N/c1-2-14(7-3-4-8-14)10-20-13-6-5-11(9-12(13)16)15(17,18)19/h5-6,9,20H,2-4,7-8,10H2,1H3. The Morgan fingerprint density at radius 1 is 1.25 bits per heavy atom. The third kappa shape index (κ3) is 3.48. The smallest absolute Gasteiger partial charge is 0.384 e.